The maximum atomic E-state index is 13.0. The number of aromatic nitrogens is 2. The van der Waals surface area contributed by atoms with Gasteiger partial charge in [0.1, 0.15) is 11.0 Å². The van der Waals surface area contributed by atoms with Crippen LogP contribution in [0.5, 0.6) is 0 Å². The maximum Gasteiger partial charge on any atom is 0.250 e. The second-order valence-electron chi connectivity index (χ2n) is 7.09. The van der Waals surface area contributed by atoms with Crippen LogP contribution in [-0.2, 0) is 14.8 Å². The first-order valence-corrected chi connectivity index (χ1v) is 12.1. The molecule has 0 saturated heterocycles. The summed E-state index contributed by atoms with van der Waals surface area (Å²) >= 11 is 1.24. The SMILES string of the molecule is CCC(C(=O)Nc1nnc(-c2ccc(C)cc2)s1)N(c1cccc(C)c1)S(C)(=O)=O. The van der Waals surface area contributed by atoms with Gasteiger partial charge in [-0.25, -0.2) is 8.42 Å². The molecule has 158 valence electrons. The van der Waals surface area contributed by atoms with Crippen LogP contribution in [0.15, 0.2) is 48.5 Å². The molecule has 0 spiro atoms. The zero-order chi connectivity index (χ0) is 21.9. The minimum Gasteiger partial charge on any atom is -0.299 e. The Bertz CT molecular complexity index is 1140. The average Bonchev–Trinajstić information content (AvgIpc) is 3.13. The van der Waals surface area contributed by atoms with Gasteiger partial charge in [-0.05, 0) is 38.0 Å². The lowest BCUT2D eigenvalue weighted by molar-refractivity contribution is -0.117. The summed E-state index contributed by atoms with van der Waals surface area (Å²) in [5, 5.41) is 11.9. The summed E-state index contributed by atoms with van der Waals surface area (Å²) in [6.07, 6.45) is 1.40. The lowest BCUT2D eigenvalue weighted by Gasteiger charge is -2.30. The number of sulfonamides is 1. The van der Waals surface area contributed by atoms with E-state index in [0.29, 0.717) is 22.2 Å². The van der Waals surface area contributed by atoms with Crippen molar-refractivity contribution in [3.8, 4) is 10.6 Å². The quantitative estimate of drug-likeness (QED) is 0.594. The summed E-state index contributed by atoms with van der Waals surface area (Å²) in [6.45, 7) is 5.65. The molecule has 7 nitrogen and oxygen atoms in total. The molecule has 0 saturated carbocycles. The highest BCUT2D eigenvalue weighted by atomic mass is 32.2. The van der Waals surface area contributed by atoms with Crippen molar-refractivity contribution in [1.29, 1.82) is 0 Å². The Morgan fingerprint density at radius 1 is 1.10 bits per heavy atom. The first kappa shape index (κ1) is 21.9. The Balaban J connectivity index is 1.85. The first-order valence-electron chi connectivity index (χ1n) is 9.46. The molecule has 0 aliphatic heterocycles. The highest BCUT2D eigenvalue weighted by Crippen LogP contribution is 2.28. The predicted molar refractivity (Wildman–Crippen MR) is 121 cm³/mol. The van der Waals surface area contributed by atoms with Crippen molar-refractivity contribution in [2.24, 2.45) is 0 Å². The van der Waals surface area contributed by atoms with E-state index in [1.807, 2.05) is 44.2 Å². The van der Waals surface area contributed by atoms with E-state index in [1.54, 1.807) is 25.1 Å². The molecule has 3 rings (SSSR count). The fourth-order valence-corrected chi connectivity index (χ4v) is 5.06. The summed E-state index contributed by atoms with van der Waals surface area (Å²) in [6, 6.07) is 14.0. The van der Waals surface area contributed by atoms with Crippen molar-refractivity contribution in [2.45, 2.75) is 33.2 Å². The van der Waals surface area contributed by atoms with Gasteiger partial charge in [0.25, 0.3) is 0 Å². The van der Waals surface area contributed by atoms with Crippen molar-refractivity contribution in [3.05, 3.63) is 59.7 Å². The molecule has 0 bridgehead atoms. The van der Waals surface area contributed by atoms with Crippen LogP contribution in [0.3, 0.4) is 0 Å². The third-order valence-electron chi connectivity index (χ3n) is 4.54. The van der Waals surface area contributed by atoms with Gasteiger partial charge in [0.2, 0.25) is 21.1 Å². The summed E-state index contributed by atoms with van der Waals surface area (Å²) in [7, 11) is -3.69. The van der Waals surface area contributed by atoms with Crippen LogP contribution < -0.4 is 9.62 Å². The Labute approximate surface area is 180 Å². The Hall–Kier alpha value is -2.78. The van der Waals surface area contributed by atoms with Crippen LogP contribution in [0.2, 0.25) is 0 Å². The van der Waals surface area contributed by atoms with Gasteiger partial charge < -0.3 is 0 Å². The normalized spacial score (nSPS) is 12.4. The molecule has 3 aromatic rings. The number of rotatable bonds is 7. The molecular formula is C21H24N4O3S2. The van der Waals surface area contributed by atoms with Crippen LogP contribution in [0, 0.1) is 13.8 Å². The number of benzene rings is 2. The van der Waals surface area contributed by atoms with Gasteiger partial charge in [0.05, 0.1) is 11.9 Å². The van der Waals surface area contributed by atoms with E-state index >= 15 is 0 Å². The van der Waals surface area contributed by atoms with Gasteiger partial charge in [-0.3, -0.25) is 14.4 Å². The second-order valence-corrected chi connectivity index (χ2v) is 9.93. The molecule has 0 aliphatic carbocycles. The molecule has 0 fully saturated rings. The van der Waals surface area contributed by atoms with Crippen molar-refractivity contribution >= 4 is 38.1 Å². The van der Waals surface area contributed by atoms with E-state index in [9.17, 15) is 13.2 Å². The topological polar surface area (TPSA) is 92.3 Å². The number of hydrogen-bond donors (Lipinski definition) is 1. The fraction of sp³-hybridized carbons (Fsp3) is 0.286. The molecule has 1 amide bonds. The molecule has 1 unspecified atom stereocenters. The average molecular weight is 445 g/mol. The van der Waals surface area contributed by atoms with Crippen LogP contribution in [0.4, 0.5) is 10.8 Å². The number of carbonyl (C=O) groups is 1. The molecule has 0 radical (unpaired) electrons. The van der Waals surface area contributed by atoms with E-state index in [4.69, 9.17) is 0 Å². The molecule has 9 heteroatoms. The van der Waals surface area contributed by atoms with Gasteiger partial charge in [-0.15, -0.1) is 10.2 Å². The molecule has 0 aliphatic rings. The van der Waals surface area contributed by atoms with E-state index in [2.05, 4.69) is 15.5 Å². The standard InChI is InChI=1S/C21H24N4O3S2/c1-5-18(25(30(4,27)28)17-8-6-7-15(3)13-17)19(26)22-21-24-23-20(29-21)16-11-9-14(2)10-12-16/h6-13,18H,5H2,1-4H3,(H,22,24,26). The summed E-state index contributed by atoms with van der Waals surface area (Å²) < 4.78 is 26.2. The Kier molecular flexibility index (Phi) is 6.52. The number of amides is 1. The van der Waals surface area contributed by atoms with Gasteiger partial charge in [0, 0.05) is 5.56 Å². The highest BCUT2D eigenvalue weighted by molar-refractivity contribution is 7.92. The van der Waals surface area contributed by atoms with E-state index in [1.165, 1.54) is 11.3 Å². The van der Waals surface area contributed by atoms with Gasteiger partial charge in [-0.2, -0.15) is 0 Å². The Morgan fingerprint density at radius 2 is 1.80 bits per heavy atom. The second kappa shape index (κ2) is 8.93. The number of carbonyl (C=O) groups excluding carboxylic acids is 1. The third kappa shape index (κ3) is 5.03. The number of nitrogens with zero attached hydrogens (tertiary/aromatic N) is 3. The number of hydrogen-bond acceptors (Lipinski definition) is 6. The monoisotopic (exact) mass is 444 g/mol. The van der Waals surface area contributed by atoms with Crippen LogP contribution in [-0.4, -0.2) is 36.8 Å². The number of aryl methyl sites for hydroxylation is 2. The first-order chi connectivity index (χ1) is 14.2. The lowest BCUT2D eigenvalue weighted by atomic mass is 10.1. The third-order valence-corrected chi connectivity index (χ3v) is 6.61. The van der Waals surface area contributed by atoms with Crippen LogP contribution in [0.1, 0.15) is 24.5 Å². The van der Waals surface area contributed by atoms with Crippen molar-refractivity contribution in [2.75, 3.05) is 15.9 Å². The summed E-state index contributed by atoms with van der Waals surface area (Å²) in [5.41, 5.74) is 3.41. The van der Waals surface area contributed by atoms with Crippen LogP contribution >= 0.6 is 11.3 Å². The molecule has 2 aromatic carbocycles. The van der Waals surface area contributed by atoms with Crippen molar-refractivity contribution in [3.63, 3.8) is 0 Å². The van der Waals surface area contributed by atoms with E-state index in [-0.39, 0.29) is 0 Å². The zero-order valence-corrected chi connectivity index (χ0v) is 18.9. The molecule has 1 aromatic heterocycles. The number of anilines is 2. The number of nitrogens with one attached hydrogen (secondary N) is 1. The summed E-state index contributed by atoms with van der Waals surface area (Å²) in [5.74, 6) is -0.448. The fourth-order valence-electron chi connectivity index (χ4n) is 3.10. The predicted octanol–water partition coefficient (Wildman–Crippen LogP) is 4.01. The molecular weight excluding hydrogens is 420 g/mol. The van der Waals surface area contributed by atoms with Crippen LogP contribution in [0.25, 0.3) is 10.6 Å². The van der Waals surface area contributed by atoms with Gasteiger partial charge in [-0.1, -0.05) is 60.2 Å². The molecule has 1 N–H and O–H groups in total. The Morgan fingerprint density at radius 3 is 2.40 bits per heavy atom. The van der Waals surface area contributed by atoms with Crippen molar-refractivity contribution in [1.82, 2.24) is 10.2 Å². The highest BCUT2D eigenvalue weighted by Gasteiger charge is 2.32. The van der Waals surface area contributed by atoms with E-state index < -0.39 is 22.0 Å². The largest absolute Gasteiger partial charge is 0.299 e. The smallest absolute Gasteiger partial charge is 0.250 e. The minimum atomic E-state index is -3.69. The molecule has 1 atom stereocenters. The van der Waals surface area contributed by atoms with Gasteiger partial charge >= 0.3 is 0 Å². The minimum absolute atomic E-state index is 0.302. The van der Waals surface area contributed by atoms with Crippen molar-refractivity contribution < 1.29 is 13.2 Å². The van der Waals surface area contributed by atoms with E-state index in [0.717, 1.165) is 27.3 Å². The molecule has 1 heterocycles. The van der Waals surface area contributed by atoms with Gasteiger partial charge in [0.15, 0.2) is 0 Å². The summed E-state index contributed by atoms with van der Waals surface area (Å²) in [4.78, 5) is 13.0. The lowest BCUT2D eigenvalue weighted by Crippen LogP contribution is -2.47. The molecule has 30 heavy (non-hydrogen) atoms. The maximum absolute atomic E-state index is 13.0. The zero-order valence-electron chi connectivity index (χ0n) is 17.3.